The van der Waals surface area contributed by atoms with Crippen LogP contribution in [0.5, 0.6) is 0 Å². The number of hydrogen-bond donors (Lipinski definition) is 3. The molecule has 5 heteroatoms. The molecule has 0 saturated carbocycles. The van der Waals surface area contributed by atoms with Gasteiger partial charge in [-0.05, 0) is 19.8 Å². The van der Waals surface area contributed by atoms with E-state index in [9.17, 15) is 4.79 Å². The van der Waals surface area contributed by atoms with Crippen LogP contribution in [-0.4, -0.2) is 31.0 Å². The molecule has 0 aromatic heterocycles. The molecule has 0 aliphatic heterocycles. The highest BCUT2D eigenvalue weighted by Gasteiger charge is 2.01. The molecule has 4 N–H and O–H groups in total. The van der Waals surface area contributed by atoms with Crippen molar-refractivity contribution >= 4 is 11.9 Å². The van der Waals surface area contributed by atoms with Crippen molar-refractivity contribution in [3.8, 4) is 0 Å². The van der Waals surface area contributed by atoms with E-state index >= 15 is 0 Å². The van der Waals surface area contributed by atoms with Crippen molar-refractivity contribution in [2.24, 2.45) is 16.6 Å². The molecule has 0 unspecified atom stereocenters. The Hall–Kier alpha value is -1.26. The molecule has 0 radical (unpaired) electrons. The standard InChI is InChI=1S/C10H22N4O/c1-7(2)5-12-9(15)6-13-10(11)14-8(3)4/h7-8H,5-6H2,1-4H3,(H,12,15)(H3,11,13,14). The van der Waals surface area contributed by atoms with Gasteiger partial charge in [-0.25, -0.2) is 4.99 Å². The summed E-state index contributed by atoms with van der Waals surface area (Å²) in [6.45, 7) is 8.75. The lowest BCUT2D eigenvalue weighted by atomic mass is 10.2. The molecule has 0 aliphatic rings. The van der Waals surface area contributed by atoms with Gasteiger partial charge in [0, 0.05) is 12.6 Å². The van der Waals surface area contributed by atoms with Gasteiger partial charge in [0.1, 0.15) is 6.54 Å². The summed E-state index contributed by atoms with van der Waals surface area (Å²) in [5.74, 6) is 0.658. The fourth-order valence-corrected chi connectivity index (χ4v) is 0.872. The first-order valence-electron chi connectivity index (χ1n) is 5.25. The Labute approximate surface area is 91.5 Å². The third-order valence-electron chi connectivity index (χ3n) is 1.54. The lowest BCUT2D eigenvalue weighted by Gasteiger charge is -2.09. The van der Waals surface area contributed by atoms with E-state index in [4.69, 9.17) is 5.73 Å². The number of nitrogens with zero attached hydrogens (tertiary/aromatic N) is 1. The molecule has 88 valence electrons. The molecule has 5 nitrogen and oxygen atoms in total. The number of amides is 1. The van der Waals surface area contributed by atoms with Crippen LogP contribution in [0.25, 0.3) is 0 Å². The smallest absolute Gasteiger partial charge is 0.241 e. The highest BCUT2D eigenvalue weighted by atomic mass is 16.1. The molecular formula is C10H22N4O. The monoisotopic (exact) mass is 214 g/mol. The predicted octanol–water partition coefficient (Wildman–Crippen LogP) is 0.0713. The summed E-state index contributed by atoms with van der Waals surface area (Å²) in [5.41, 5.74) is 5.54. The average molecular weight is 214 g/mol. The minimum Gasteiger partial charge on any atom is -0.370 e. The summed E-state index contributed by atoms with van der Waals surface area (Å²) >= 11 is 0. The normalized spacial score (nSPS) is 12.0. The van der Waals surface area contributed by atoms with Crippen LogP contribution in [0.1, 0.15) is 27.7 Å². The van der Waals surface area contributed by atoms with Crippen LogP contribution in [0, 0.1) is 5.92 Å². The van der Waals surface area contributed by atoms with Crippen molar-refractivity contribution in [2.45, 2.75) is 33.7 Å². The summed E-state index contributed by atoms with van der Waals surface area (Å²) < 4.78 is 0. The Morgan fingerprint density at radius 1 is 1.33 bits per heavy atom. The topological polar surface area (TPSA) is 79.5 Å². The molecule has 0 bridgehead atoms. The van der Waals surface area contributed by atoms with Crippen LogP contribution < -0.4 is 16.4 Å². The maximum Gasteiger partial charge on any atom is 0.241 e. The summed E-state index contributed by atoms with van der Waals surface area (Å²) in [5, 5.41) is 5.67. The molecule has 15 heavy (non-hydrogen) atoms. The minimum atomic E-state index is -0.0998. The van der Waals surface area contributed by atoms with Crippen LogP contribution in [0.2, 0.25) is 0 Å². The summed E-state index contributed by atoms with van der Waals surface area (Å²) in [4.78, 5) is 15.1. The summed E-state index contributed by atoms with van der Waals surface area (Å²) in [6.07, 6.45) is 0. The second-order valence-corrected chi connectivity index (χ2v) is 4.20. The number of carbonyl (C=O) groups is 1. The van der Waals surface area contributed by atoms with E-state index in [-0.39, 0.29) is 18.5 Å². The lowest BCUT2D eigenvalue weighted by molar-refractivity contribution is -0.119. The van der Waals surface area contributed by atoms with Gasteiger partial charge in [0.15, 0.2) is 5.96 Å². The van der Waals surface area contributed by atoms with E-state index < -0.39 is 0 Å². The summed E-state index contributed by atoms with van der Waals surface area (Å²) in [6, 6.07) is 0.229. The van der Waals surface area contributed by atoms with Crippen molar-refractivity contribution in [3.63, 3.8) is 0 Å². The number of nitrogens with one attached hydrogen (secondary N) is 2. The number of carbonyl (C=O) groups excluding carboxylic acids is 1. The number of aliphatic imine (C=N–C) groups is 1. The van der Waals surface area contributed by atoms with Crippen LogP contribution in [0.15, 0.2) is 4.99 Å². The number of hydrogen-bond acceptors (Lipinski definition) is 2. The fraction of sp³-hybridized carbons (Fsp3) is 0.800. The molecule has 0 aromatic carbocycles. The molecule has 0 atom stereocenters. The molecule has 0 saturated heterocycles. The van der Waals surface area contributed by atoms with Crippen LogP contribution >= 0.6 is 0 Å². The van der Waals surface area contributed by atoms with Crippen molar-refractivity contribution in [2.75, 3.05) is 13.1 Å². The van der Waals surface area contributed by atoms with Gasteiger partial charge < -0.3 is 16.4 Å². The Bertz CT molecular complexity index is 223. The largest absolute Gasteiger partial charge is 0.370 e. The first kappa shape index (κ1) is 13.7. The maximum atomic E-state index is 11.2. The molecule has 0 aliphatic carbocycles. The first-order chi connectivity index (χ1) is 6.91. The zero-order valence-corrected chi connectivity index (χ0v) is 10.0. The van der Waals surface area contributed by atoms with E-state index in [1.807, 2.05) is 27.7 Å². The van der Waals surface area contributed by atoms with E-state index in [1.54, 1.807) is 0 Å². The third-order valence-corrected chi connectivity index (χ3v) is 1.54. The van der Waals surface area contributed by atoms with Crippen molar-refractivity contribution in [3.05, 3.63) is 0 Å². The van der Waals surface area contributed by atoms with E-state index in [0.717, 1.165) is 0 Å². The van der Waals surface area contributed by atoms with Crippen molar-refractivity contribution in [1.82, 2.24) is 10.6 Å². The third kappa shape index (κ3) is 9.05. The zero-order valence-electron chi connectivity index (χ0n) is 10.0. The highest BCUT2D eigenvalue weighted by molar-refractivity contribution is 5.83. The van der Waals surface area contributed by atoms with E-state index in [0.29, 0.717) is 18.4 Å². The number of nitrogens with two attached hydrogens (primary N) is 1. The van der Waals surface area contributed by atoms with Gasteiger partial charge in [-0.15, -0.1) is 0 Å². The number of rotatable bonds is 5. The summed E-state index contributed by atoms with van der Waals surface area (Å²) in [7, 11) is 0. The molecule has 0 fully saturated rings. The van der Waals surface area contributed by atoms with Gasteiger partial charge >= 0.3 is 0 Å². The second-order valence-electron chi connectivity index (χ2n) is 4.20. The van der Waals surface area contributed by atoms with Crippen LogP contribution in [0.3, 0.4) is 0 Å². The molecule has 0 rings (SSSR count). The van der Waals surface area contributed by atoms with E-state index in [1.165, 1.54) is 0 Å². The Kier molecular flexibility index (Phi) is 6.49. The predicted molar refractivity (Wildman–Crippen MR) is 62.6 cm³/mol. The van der Waals surface area contributed by atoms with Crippen molar-refractivity contribution in [1.29, 1.82) is 0 Å². The Balaban J connectivity index is 3.77. The Morgan fingerprint density at radius 3 is 2.40 bits per heavy atom. The molecule has 0 aromatic rings. The molecule has 0 heterocycles. The quantitative estimate of drug-likeness (QED) is 0.447. The average Bonchev–Trinajstić information content (AvgIpc) is 2.10. The second kappa shape index (κ2) is 7.09. The van der Waals surface area contributed by atoms with Gasteiger partial charge in [0.25, 0.3) is 0 Å². The molecule has 0 spiro atoms. The van der Waals surface area contributed by atoms with E-state index in [2.05, 4.69) is 15.6 Å². The van der Waals surface area contributed by atoms with Gasteiger partial charge in [0.05, 0.1) is 0 Å². The fourth-order valence-electron chi connectivity index (χ4n) is 0.872. The minimum absolute atomic E-state index is 0.0816. The Morgan fingerprint density at radius 2 is 1.93 bits per heavy atom. The van der Waals surface area contributed by atoms with Crippen LogP contribution in [0.4, 0.5) is 0 Å². The SMILES string of the molecule is CC(C)CNC(=O)CN=C(N)NC(C)C. The first-order valence-corrected chi connectivity index (χ1v) is 5.25. The van der Waals surface area contributed by atoms with Gasteiger partial charge in [0.2, 0.25) is 5.91 Å². The molecular weight excluding hydrogens is 192 g/mol. The van der Waals surface area contributed by atoms with Gasteiger partial charge in [-0.1, -0.05) is 13.8 Å². The zero-order chi connectivity index (χ0) is 11.8. The number of guanidine groups is 1. The van der Waals surface area contributed by atoms with Crippen molar-refractivity contribution < 1.29 is 4.79 Å². The highest BCUT2D eigenvalue weighted by Crippen LogP contribution is 1.86. The van der Waals surface area contributed by atoms with Gasteiger partial charge in [-0.2, -0.15) is 0 Å². The van der Waals surface area contributed by atoms with Crippen LogP contribution in [-0.2, 0) is 4.79 Å². The maximum absolute atomic E-state index is 11.2. The molecule has 1 amide bonds. The van der Waals surface area contributed by atoms with Gasteiger partial charge in [-0.3, -0.25) is 4.79 Å². The lowest BCUT2D eigenvalue weighted by Crippen LogP contribution is -2.38.